The number of benzene rings is 1. The highest BCUT2D eigenvalue weighted by molar-refractivity contribution is 5.96. The number of carbonyl (C=O) groups is 1. The van der Waals surface area contributed by atoms with Crippen LogP contribution < -0.4 is 11.1 Å². The Morgan fingerprint density at radius 3 is 2.62 bits per heavy atom. The Kier molecular flexibility index (Phi) is 5.48. The predicted octanol–water partition coefficient (Wildman–Crippen LogP) is 3.83. The average molecular weight is 290 g/mol. The highest BCUT2D eigenvalue weighted by Crippen LogP contribution is 2.29. The van der Waals surface area contributed by atoms with Crippen LogP contribution in [0.15, 0.2) is 18.2 Å². The van der Waals surface area contributed by atoms with E-state index in [9.17, 15) is 4.79 Å². The average Bonchev–Trinajstić information content (AvgIpc) is 2.50. The van der Waals surface area contributed by atoms with Crippen molar-refractivity contribution in [2.24, 2.45) is 5.92 Å². The normalized spacial score (nSPS) is 21.8. The molecule has 1 saturated carbocycles. The number of rotatable bonds is 5. The minimum absolute atomic E-state index is 0.353. The second kappa shape index (κ2) is 7.34. The van der Waals surface area contributed by atoms with Gasteiger partial charge in [-0.1, -0.05) is 13.3 Å². The highest BCUT2D eigenvalue weighted by Gasteiger charge is 2.20. The van der Waals surface area contributed by atoms with Crippen molar-refractivity contribution in [2.45, 2.75) is 52.0 Å². The lowest BCUT2D eigenvalue weighted by atomic mass is 9.84. The number of nitrogens with one attached hydrogen (secondary N) is 1. The largest absolute Gasteiger partial charge is 0.462 e. The van der Waals surface area contributed by atoms with Gasteiger partial charge < -0.3 is 15.8 Å². The van der Waals surface area contributed by atoms with E-state index in [-0.39, 0.29) is 5.97 Å². The third-order valence-electron chi connectivity index (χ3n) is 4.34. The van der Waals surface area contributed by atoms with Gasteiger partial charge in [0.1, 0.15) is 0 Å². The number of nitrogen functional groups attached to an aromatic ring is 1. The van der Waals surface area contributed by atoms with Crippen molar-refractivity contribution in [3.8, 4) is 0 Å². The van der Waals surface area contributed by atoms with Crippen LogP contribution in [0.4, 0.5) is 11.4 Å². The Balaban J connectivity index is 2.01. The number of ether oxygens (including phenoxy) is 1. The van der Waals surface area contributed by atoms with E-state index in [4.69, 9.17) is 10.5 Å². The maximum Gasteiger partial charge on any atom is 0.340 e. The topological polar surface area (TPSA) is 64.3 Å². The fourth-order valence-corrected chi connectivity index (χ4v) is 2.98. The van der Waals surface area contributed by atoms with Crippen molar-refractivity contribution in [1.29, 1.82) is 0 Å². The summed E-state index contributed by atoms with van der Waals surface area (Å²) in [5, 5.41) is 3.53. The zero-order chi connectivity index (χ0) is 15.2. The summed E-state index contributed by atoms with van der Waals surface area (Å²) in [5.41, 5.74) is 7.73. The number of anilines is 2. The first-order valence-electron chi connectivity index (χ1n) is 7.97. The van der Waals surface area contributed by atoms with Gasteiger partial charge in [-0.05, 0) is 56.7 Å². The predicted molar refractivity (Wildman–Crippen MR) is 86.5 cm³/mol. The molecule has 4 heteroatoms. The van der Waals surface area contributed by atoms with E-state index in [2.05, 4.69) is 12.2 Å². The summed E-state index contributed by atoms with van der Waals surface area (Å²) >= 11 is 0. The van der Waals surface area contributed by atoms with Crippen LogP contribution >= 0.6 is 0 Å². The molecular weight excluding hydrogens is 264 g/mol. The van der Waals surface area contributed by atoms with Crippen LogP contribution in [-0.2, 0) is 4.74 Å². The molecule has 4 nitrogen and oxygen atoms in total. The molecule has 1 fully saturated rings. The lowest BCUT2D eigenvalue weighted by Crippen LogP contribution is -2.26. The van der Waals surface area contributed by atoms with Gasteiger partial charge in [0, 0.05) is 17.4 Å². The third kappa shape index (κ3) is 4.13. The fourth-order valence-electron chi connectivity index (χ4n) is 2.98. The molecule has 0 aromatic heterocycles. The smallest absolute Gasteiger partial charge is 0.340 e. The van der Waals surface area contributed by atoms with Crippen LogP contribution in [0.2, 0.25) is 0 Å². The fraction of sp³-hybridized carbons (Fsp3) is 0.588. The lowest BCUT2D eigenvalue weighted by Gasteiger charge is -2.29. The number of esters is 1. The molecule has 0 heterocycles. The molecule has 0 saturated heterocycles. The van der Waals surface area contributed by atoms with Gasteiger partial charge in [0.2, 0.25) is 0 Å². The molecule has 0 spiro atoms. The van der Waals surface area contributed by atoms with Crippen molar-refractivity contribution in [3.63, 3.8) is 0 Å². The van der Waals surface area contributed by atoms with Crippen molar-refractivity contribution >= 4 is 17.3 Å². The molecule has 21 heavy (non-hydrogen) atoms. The lowest BCUT2D eigenvalue weighted by molar-refractivity contribution is 0.0527. The first-order chi connectivity index (χ1) is 10.1. The molecular formula is C17H26N2O2. The molecule has 3 N–H and O–H groups in total. The second-order valence-electron chi connectivity index (χ2n) is 5.79. The third-order valence-corrected chi connectivity index (χ3v) is 4.34. The van der Waals surface area contributed by atoms with Gasteiger partial charge in [0.15, 0.2) is 0 Å². The van der Waals surface area contributed by atoms with Gasteiger partial charge in [-0.2, -0.15) is 0 Å². The molecule has 0 bridgehead atoms. The summed E-state index contributed by atoms with van der Waals surface area (Å²) in [6.45, 7) is 4.42. The van der Waals surface area contributed by atoms with E-state index in [0.717, 1.165) is 11.6 Å². The molecule has 0 unspecified atom stereocenters. The summed E-state index contributed by atoms with van der Waals surface area (Å²) in [6, 6.07) is 6.00. The molecule has 0 aliphatic heterocycles. The second-order valence-corrected chi connectivity index (χ2v) is 5.79. The van der Waals surface area contributed by atoms with Crippen molar-refractivity contribution in [3.05, 3.63) is 23.8 Å². The molecule has 1 aliphatic rings. The molecule has 1 aliphatic carbocycles. The Morgan fingerprint density at radius 1 is 1.29 bits per heavy atom. The van der Waals surface area contributed by atoms with Crippen LogP contribution in [0, 0.1) is 5.92 Å². The van der Waals surface area contributed by atoms with Crippen LogP contribution in [0.3, 0.4) is 0 Å². The minimum Gasteiger partial charge on any atom is -0.462 e. The zero-order valence-corrected chi connectivity index (χ0v) is 13.0. The Hall–Kier alpha value is -1.71. The van der Waals surface area contributed by atoms with E-state index < -0.39 is 0 Å². The van der Waals surface area contributed by atoms with Gasteiger partial charge >= 0.3 is 5.97 Å². The molecule has 0 atom stereocenters. The van der Waals surface area contributed by atoms with Crippen molar-refractivity contribution in [1.82, 2.24) is 0 Å². The maximum atomic E-state index is 11.9. The standard InChI is InChI=1S/C17H26N2O2/c1-3-12-5-7-13(8-6-12)19-14-9-10-16(18)15(11-14)17(20)21-4-2/h9-13,19H,3-8,18H2,1-2H3. The van der Waals surface area contributed by atoms with Crippen LogP contribution in [0.1, 0.15) is 56.3 Å². The summed E-state index contributed by atoms with van der Waals surface area (Å²) in [4.78, 5) is 11.9. The quantitative estimate of drug-likeness (QED) is 0.639. The number of nitrogens with two attached hydrogens (primary N) is 1. The molecule has 1 aromatic rings. The van der Waals surface area contributed by atoms with Gasteiger partial charge in [0.25, 0.3) is 0 Å². The molecule has 0 amide bonds. The number of hydrogen-bond acceptors (Lipinski definition) is 4. The molecule has 0 radical (unpaired) electrons. The summed E-state index contributed by atoms with van der Waals surface area (Å²) < 4.78 is 5.04. The first kappa shape index (κ1) is 15.7. The molecule has 2 rings (SSSR count). The van der Waals surface area contributed by atoms with E-state index in [1.54, 1.807) is 19.1 Å². The van der Waals surface area contributed by atoms with Crippen LogP contribution in [0.5, 0.6) is 0 Å². The van der Waals surface area contributed by atoms with Crippen LogP contribution in [-0.4, -0.2) is 18.6 Å². The van der Waals surface area contributed by atoms with E-state index in [0.29, 0.717) is 23.9 Å². The maximum absolute atomic E-state index is 11.9. The Bertz CT molecular complexity index is 480. The van der Waals surface area contributed by atoms with Crippen LogP contribution in [0.25, 0.3) is 0 Å². The number of carbonyl (C=O) groups excluding carboxylic acids is 1. The summed E-state index contributed by atoms with van der Waals surface area (Å²) in [5.74, 6) is 0.526. The monoisotopic (exact) mass is 290 g/mol. The number of hydrogen-bond donors (Lipinski definition) is 2. The van der Waals surface area contributed by atoms with E-state index in [1.165, 1.54) is 32.1 Å². The summed E-state index contributed by atoms with van der Waals surface area (Å²) in [6.07, 6.45) is 6.23. The van der Waals surface area contributed by atoms with Gasteiger partial charge in [-0.3, -0.25) is 0 Å². The van der Waals surface area contributed by atoms with Gasteiger partial charge in [-0.15, -0.1) is 0 Å². The van der Waals surface area contributed by atoms with Crippen molar-refractivity contribution in [2.75, 3.05) is 17.7 Å². The minimum atomic E-state index is -0.353. The van der Waals surface area contributed by atoms with Gasteiger partial charge in [0.05, 0.1) is 12.2 Å². The summed E-state index contributed by atoms with van der Waals surface area (Å²) in [7, 11) is 0. The first-order valence-corrected chi connectivity index (χ1v) is 7.97. The van der Waals surface area contributed by atoms with Crippen molar-refractivity contribution < 1.29 is 9.53 Å². The van der Waals surface area contributed by atoms with E-state index in [1.807, 2.05) is 6.07 Å². The highest BCUT2D eigenvalue weighted by atomic mass is 16.5. The molecule has 116 valence electrons. The zero-order valence-electron chi connectivity index (χ0n) is 13.0. The Morgan fingerprint density at radius 2 is 2.00 bits per heavy atom. The Labute approximate surface area is 127 Å². The van der Waals surface area contributed by atoms with Gasteiger partial charge in [-0.25, -0.2) is 4.79 Å². The van der Waals surface area contributed by atoms with E-state index >= 15 is 0 Å². The SMILES string of the molecule is CCOC(=O)c1cc(NC2CCC(CC)CC2)ccc1N. The molecule has 1 aromatic carbocycles.